The highest BCUT2D eigenvalue weighted by Crippen LogP contribution is 2.30. The van der Waals surface area contributed by atoms with E-state index < -0.39 is 22.4 Å². The van der Waals surface area contributed by atoms with Gasteiger partial charge in [0.1, 0.15) is 5.54 Å². The lowest BCUT2D eigenvalue weighted by molar-refractivity contribution is -0.384. The highest BCUT2D eigenvalue weighted by molar-refractivity contribution is 6.30. The molecule has 2 aromatic carbocycles. The molecule has 1 aliphatic heterocycles. The zero-order valence-corrected chi connectivity index (χ0v) is 14.0. The van der Waals surface area contributed by atoms with Crippen LogP contribution in [0.2, 0.25) is 5.02 Å². The monoisotopic (exact) mass is 359 g/mol. The highest BCUT2D eigenvalue weighted by Gasteiger charge is 2.48. The van der Waals surface area contributed by atoms with Crippen molar-refractivity contribution in [3.8, 4) is 0 Å². The van der Waals surface area contributed by atoms with Gasteiger partial charge in [-0.3, -0.25) is 19.8 Å². The van der Waals surface area contributed by atoms with Gasteiger partial charge in [-0.05, 0) is 30.2 Å². The van der Waals surface area contributed by atoms with Crippen LogP contribution in [0.15, 0.2) is 48.5 Å². The third-order valence-electron chi connectivity index (χ3n) is 4.16. The number of carbonyl (C=O) groups excluding carboxylic acids is 2. The number of rotatable bonds is 4. The molecule has 1 atom stereocenters. The maximum atomic E-state index is 12.8. The summed E-state index contributed by atoms with van der Waals surface area (Å²) in [6.45, 7) is 1.57. The average molecular weight is 360 g/mol. The number of nitro benzene ring substituents is 1. The zero-order valence-electron chi connectivity index (χ0n) is 13.2. The topological polar surface area (TPSA) is 92.6 Å². The summed E-state index contributed by atoms with van der Waals surface area (Å²) in [6, 6.07) is 11.9. The van der Waals surface area contributed by atoms with Crippen LogP contribution in [-0.4, -0.2) is 21.8 Å². The lowest BCUT2D eigenvalue weighted by atomic mass is 9.92. The molecule has 1 N–H and O–H groups in total. The van der Waals surface area contributed by atoms with Gasteiger partial charge in [-0.15, -0.1) is 0 Å². The molecule has 0 aliphatic carbocycles. The van der Waals surface area contributed by atoms with E-state index in [0.29, 0.717) is 16.1 Å². The summed E-state index contributed by atoms with van der Waals surface area (Å²) < 4.78 is 0. The zero-order chi connectivity index (χ0) is 18.2. The van der Waals surface area contributed by atoms with Gasteiger partial charge in [0.2, 0.25) is 0 Å². The first-order valence-electron chi connectivity index (χ1n) is 7.45. The molecule has 1 heterocycles. The number of urea groups is 1. The van der Waals surface area contributed by atoms with Crippen LogP contribution < -0.4 is 5.32 Å². The molecule has 0 aromatic heterocycles. The third kappa shape index (κ3) is 3.06. The Hall–Kier alpha value is -2.93. The van der Waals surface area contributed by atoms with Crippen LogP contribution >= 0.6 is 11.6 Å². The molecule has 0 saturated carbocycles. The molecule has 0 unspecified atom stereocenters. The van der Waals surface area contributed by atoms with Crippen LogP contribution in [0, 0.1) is 10.1 Å². The number of halogens is 1. The normalized spacial score (nSPS) is 19.8. The minimum absolute atomic E-state index is 0.0461. The van der Waals surface area contributed by atoms with Crippen LogP contribution in [0.1, 0.15) is 18.1 Å². The van der Waals surface area contributed by atoms with E-state index in [4.69, 9.17) is 11.6 Å². The van der Waals surface area contributed by atoms with Crippen molar-refractivity contribution in [2.45, 2.75) is 19.0 Å². The standard InChI is InChI=1S/C17H14ClN3O4/c1-17(12-5-7-13(18)8-6-12)15(22)20(16(23)19-17)10-11-3-2-4-14(9-11)21(24)25/h2-9H,10H2,1H3,(H,19,23)/t17-/m0/s1. The molecular formula is C17H14ClN3O4. The van der Waals surface area contributed by atoms with Gasteiger partial charge < -0.3 is 5.32 Å². The van der Waals surface area contributed by atoms with Crippen molar-refractivity contribution in [2.75, 3.05) is 0 Å². The van der Waals surface area contributed by atoms with Crippen LogP contribution in [0.4, 0.5) is 10.5 Å². The predicted molar refractivity (Wildman–Crippen MR) is 91.0 cm³/mol. The molecule has 1 saturated heterocycles. The maximum Gasteiger partial charge on any atom is 0.325 e. The van der Waals surface area contributed by atoms with Crippen LogP contribution in [-0.2, 0) is 16.9 Å². The van der Waals surface area contributed by atoms with Gasteiger partial charge in [0.25, 0.3) is 11.6 Å². The third-order valence-corrected chi connectivity index (χ3v) is 4.41. The van der Waals surface area contributed by atoms with E-state index in [9.17, 15) is 19.7 Å². The average Bonchev–Trinajstić information content (AvgIpc) is 2.80. The van der Waals surface area contributed by atoms with Crippen LogP contribution in [0.3, 0.4) is 0 Å². The Labute approximate surface area is 148 Å². The van der Waals surface area contributed by atoms with Crippen molar-refractivity contribution in [3.63, 3.8) is 0 Å². The second-order valence-electron chi connectivity index (χ2n) is 5.88. The number of hydrogen-bond donors (Lipinski definition) is 1. The van der Waals surface area contributed by atoms with E-state index >= 15 is 0 Å². The quantitative estimate of drug-likeness (QED) is 0.515. The van der Waals surface area contributed by atoms with Crippen molar-refractivity contribution in [1.29, 1.82) is 0 Å². The van der Waals surface area contributed by atoms with E-state index in [1.807, 2.05) is 0 Å². The summed E-state index contributed by atoms with van der Waals surface area (Å²) in [6.07, 6.45) is 0. The molecule has 0 radical (unpaired) electrons. The van der Waals surface area contributed by atoms with E-state index in [1.54, 1.807) is 37.3 Å². The lowest BCUT2D eigenvalue weighted by Crippen LogP contribution is -2.40. The van der Waals surface area contributed by atoms with Crippen LogP contribution in [0.5, 0.6) is 0 Å². The Kier molecular flexibility index (Phi) is 4.18. The first kappa shape index (κ1) is 16.9. The second-order valence-corrected chi connectivity index (χ2v) is 6.32. The van der Waals surface area contributed by atoms with E-state index in [2.05, 4.69) is 5.32 Å². The van der Waals surface area contributed by atoms with Crippen molar-refractivity contribution in [1.82, 2.24) is 10.2 Å². The number of nitrogens with zero attached hydrogens (tertiary/aromatic N) is 2. The lowest BCUT2D eigenvalue weighted by Gasteiger charge is -2.22. The molecule has 2 aromatic rings. The SMILES string of the molecule is C[C@@]1(c2ccc(Cl)cc2)NC(=O)N(Cc2cccc([N+](=O)[O-])c2)C1=O. The Morgan fingerprint density at radius 3 is 2.52 bits per heavy atom. The number of benzene rings is 2. The van der Waals surface area contributed by atoms with Gasteiger partial charge in [0, 0.05) is 17.2 Å². The minimum atomic E-state index is -1.21. The minimum Gasteiger partial charge on any atom is -0.319 e. The number of carbonyl (C=O) groups is 2. The van der Waals surface area contributed by atoms with Crippen LogP contribution in [0.25, 0.3) is 0 Å². The van der Waals surface area contributed by atoms with Crippen molar-refractivity contribution < 1.29 is 14.5 Å². The Morgan fingerprint density at radius 2 is 1.88 bits per heavy atom. The molecule has 25 heavy (non-hydrogen) atoms. The summed E-state index contributed by atoms with van der Waals surface area (Å²) in [5.41, 5.74) is -0.192. The fourth-order valence-electron chi connectivity index (χ4n) is 2.77. The van der Waals surface area contributed by atoms with E-state index in [1.165, 1.54) is 18.2 Å². The number of imide groups is 1. The number of nitrogens with one attached hydrogen (secondary N) is 1. The molecule has 0 bridgehead atoms. The molecule has 0 spiro atoms. The van der Waals surface area contributed by atoms with Gasteiger partial charge in [-0.1, -0.05) is 35.9 Å². The maximum absolute atomic E-state index is 12.8. The molecule has 1 fully saturated rings. The molecule has 1 aliphatic rings. The summed E-state index contributed by atoms with van der Waals surface area (Å²) in [4.78, 5) is 36.5. The molecule has 7 nitrogen and oxygen atoms in total. The van der Waals surface area contributed by atoms with Crippen molar-refractivity contribution in [2.24, 2.45) is 0 Å². The fourth-order valence-corrected chi connectivity index (χ4v) is 2.90. The van der Waals surface area contributed by atoms with E-state index in [-0.39, 0.29) is 12.2 Å². The van der Waals surface area contributed by atoms with E-state index in [0.717, 1.165) is 4.90 Å². The fraction of sp³-hybridized carbons (Fsp3) is 0.176. The molecule has 3 rings (SSSR count). The van der Waals surface area contributed by atoms with Gasteiger partial charge in [0.15, 0.2) is 0 Å². The largest absolute Gasteiger partial charge is 0.325 e. The molecule has 128 valence electrons. The first-order chi connectivity index (χ1) is 11.8. The number of nitro groups is 1. The van der Waals surface area contributed by atoms with Crippen molar-refractivity contribution >= 4 is 29.2 Å². The summed E-state index contributed by atoms with van der Waals surface area (Å²) in [5.74, 6) is -0.425. The number of hydrogen-bond acceptors (Lipinski definition) is 4. The number of amides is 3. The molecular weight excluding hydrogens is 346 g/mol. The summed E-state index contributed by atoms with van der Waals surface area (Å²) in [7, 11) is 0. The van der Waals surface area contributed by atoms with Gasteiger partial charge in [0.05, 0.1) is 11.5 Å². The van der Waals surface area contributed by atoms with Crippen molar-refractivity contribution in [3.05, 3.63) is 74.8 Å². The smallest absolute Gasteiger partial charge is 0.319 e. The molecule has 8 heteroatoms. The predicted octanol–water partition coefficient (Wildman–Crippen LogP) is 3.22. The Morgan fingerprint density at radius 1 is 1.20 bits per heavy atom. The Bertz CT molecular complexity index is 868. The summed E-state index contributed by atoms with van der Waals surface area (Å²) in [5, 5.41) is 14.1. The highest BCUT2D eigenvalue weighted by atomic mass is 35.5. The Balaban J connectivity index is 1.88. The van der Waals surface area contributed by atoms with Gasteiger partial charge in [-0.2, -0.15) is 0 Å². The van der Waals surface area contributed by atoms with Gasteiger partial charge in [-0.25, -0.2) is 4.79 Å². The first-order valence-corrected chi connectivity index (χ1v) is 7.82. The molecule has 3 amide bonds. The number of non-ortho nitro benzene ring substituents is 1. The van der Waals surface area contributed by atoms with Gasteiger partial charge >= 0.3 is 6.03 Å². The second kappa shape index (κ2) is 6.18. The summed E-state index contributed by atoms with van der Waals surface area (Å²) >= 11 is 5.87.